The van der Waals surface area contributed by atoms with Crippen LogP contribution < -0.4 is 16.6 Å². The van der Waals surface area contributed by atoms with Gasteiger partial charge in [0.15, 0.2) is 0 Å². The molecule has 1 fully saturated rings. The summed E-state index contributed by atoms with van der Waals surface area (Å²) in [6.07, 6.45) is 6.07. The molecule has 0 bridgehead atoms. The van der Waals surface area contributed by atoms with E-state index in [1.54, 1.807) is 12.0 Å². The van der Waals surface area contributed by atoms with E-state index in [-0.39, 0.29) is 5.91 Å². The van der Waals surface area contributed by atoms with Crippen molar-refractivity contribution in [3.05, 3.63) is 35.4 Å². The van der Waals surface area contributed by atoms with Gasteiger partial charge in [0.1, 0.15) is 6.04 Å². The second-order valence-electron chi connectivity index (χ2n) is 7.59. The zero-order chi connectivity index (χ0) is 21.9. The zero-order valence-corrected chi connectivity index (χ0v) is 17.4. The first-order chi connectivity index (χ1) is 13.8. The average molecular weight is 405 g/mol. The molecule has 0 radical (unpaired) electrons. The van der Waals surface area contributed by atoms with Crippen molar-refractivity contribution in [3.8, 4) is 12.3 Å². The van der Waals surface area contributed by atoms with Crippen LogP contribution in [0.1, 0.15) is 31.4 Å². The van der Waals surface area contributed by atoms with Gasteiger partial charge in [0.2, 0.25) is 12.3 Å². The number of nitrogens with one attached hydrogen (secondary N) is 2. The van der Waals surface area contributed by atoms with Gasteiger partial charge in [0, 0.05) is 37.7 Å². The number of ether oxygens (including phenoxy) is 1. The second kappa shape index (κ2) is 12.2. The SMILES string of the molecule is C#Cc1ccc(CNC=O)cc1.COCC(C)(C)C(NN)C(=O)N1CCC(O)C1. The molecule has 5 N–H and O–H groups in total. The van der Waals surface area contributed by atoms with E-state index in [9.17, 15) is 14.7 Å². The molecular weight excluding hydrogens is 372 g/mol. The lowest BCUT2D eigenvalue weighted by Crippen LogP contribution is -2.57. The number of aliphatic hydroxyl groups excluding tert-OH is 1. The highest BCUT2D eigenvalue weighted by Crippen LogP contribution is 2.23. The van der Waals surface area contributed by atoms with E-state index in [0.29, 0.717) is 39.1 Å². The number of nitrogens with two attached hydrogens (primary N) is 1. The third-order valence-corrected chi connectivity index (χ3v) is 4.70. The van der Waals surface area contributed by atoms with E-state index in [1.807, 2.05) is 38.1 Å². The second-order valence-corrected chi connectivity index (χ2v) is 7.59. The van der Waals surface area contributed by atoms with Crippen LogP contribution in [0.25, 0.3) is 0 Å². The fourth-order valence-corrected chi connectivity index (χ4v) is 3.09. The normalized spacial score (nSPS) is 17.0. The summed E-state index contributed by atoms with van der Waals surface area (Å²) in [4.78, 5) is 23.9. The molecule has 0 aromatic heterocycles. The molecule has 0 aliphatic carbocycles. The highest BCUT2D eigenvalue weighted by molar-refractivity contribution is 5.83. The molecule has 1 aromatic rings. The van der Waals surface area contributed by atoms with Crippen LogP contribution in [0.5, 0.6) is 0 Å². The Balaban J connectivity index is 0.000000308. The molecule has 8 nitrogen and oxygen atoms in total. The van der Waals surface area contributed by atoms with Crippen LogP contribution in [-0.2, 0) is 20.9 Å². The predicted octanol–water partition coefficient (Wildman–Crippen LogP) is -0.00200. The molecule has 1 saturated heterocycles. The third-order valence-electron chi connectivity index (χ3n) is 4.70. The summed E-state index contributed by atoms with van der Waals surface area (Å²) in [6.45, 7) is 5.80. The van der Waals surface area contributed by atoms with Gasteiger partial charge in [-0.15, -0.1) is 6.42 Å². The Hall–Kier alpha value is -2.44. The molecule has 1 aliphatic heterocycles. The Morgan fingerprint density at radius 3 is 2.59 bits per heavy atom. The van der Waals surface area contributed by atoms with Crippen LogP contribution in [0.2, 0.25) is 0 Å². The van der Waals surface area contributed by atoms with E-state index in [2.05, 4.69) is 16.7 Å². The number of hydrogen-bond donors (Lipinski definition) is 4. The van der Waals surface area contributed by atoms with Gasteiger partial charge in [-0.2, -0.15) is 0 Å². The summed E-state index contributed by atoms with van der Waals surface area (Å²) in [5.74, 6) is 7.92. The standard InChI is InChI=1S/C11H23N3O3.C10H9NO/c1-11(2,7-17-3)9(13-12)10(16)14-5-4-8(15)6-14;1-2-9-3-5-10(6-4-9)7-11-8-12/h8-9,13,15H,4-7,12H2,1-3H3;1,3-6,8H,7H2,(H,11,12). The number of terminal acetylenes is 1. The first kappa shape index (κ1) is 24.6. The summed E-state index contributed by atoms with van der Waals surface area (Å²) in [5.41, 5.74) is 4.07. The maximum absolute atomic E-state index is 12.3. The van der Waals surface area contributed by atoms with Crippen molar-refractivity contribution in [3.63, 3.8) is 0 Å². The molecule has 2 atom stereocenters. The number of rotatable bonds is 8. The molecule has 2 amide bonds. The summed E-state index contributed by atoms with van der Waals surface area (Å²) in [7, 11) is 1.60. The summed E-state index contributed by atoms with van der Waals surface area (Å²) < 4.78 is 5.11. The lowest BCUT2D eigenvalue weighted by atomic mass is 9.84. The quantitative estimate of drug-likeness (QED) is 0.210. The van der Waals surface area contributed by atoms with Crippen molar-refractivity contribution in [1.29, 1.82) is 0 Å². The van der Waals surface area contributed by atoms with Crippen LogP contribution in [0.15, 0.2) is 24.3 Å². The van der Waals surface area contributed by atoms with E-state index >= 15 is 0 Å². The monoisotopic (exact) mass is 404 g/mol. The number of aliphatic hydroxyl groups is 1. The molecule has 0 spiro atoms. The highest BCUT2D eigenvalue weighted by atomic mass is 16.5. The van der Waals surface area contributed by atoms with Gasteiger partial charge in [-0.1, -0.05) is 31.9 Å². The maximum atomic E-state index is 12.3. The number of nitrogens with zero attached hydrogens (tertiary/aromatic N) is 1. The molecular formula is C21H32N4O4. The molecule has 2 unspecified atom stereocenters. The van der Waals surface area contributed by atoms with Crippen LogP contribution in [0.4, 0.5) is 0 Å². The van der Waals surface area contributed by atoms with Crippen LogP contribution in [-0.4, -0.2) is 61.3 Å². The van der Waals surface area contributed by atoms with Gasteiger partial charge >= 0.3 is 0 Å². The Kier molecular flexibility index (Phi) is 10.3. The van der Waals surface area contributed by atoms with E-state index in [4.69, 9.17) is 17.0 Å². The number of carbonyl (C=O) groups excluding carboxylic acids is 2. The lowest BCUT2D eigenvalue weighted by molar-refractivity contribution is -0.136. The maximum Gasteiger partial charge on any atom is 0.241 e. The summed E-state index contributed by atoms with van der Waals surface area (Å²) in [6, 6.07) is 6.98. The molecule has 160 valence electrons. The molecule has 1 aliphatic rings. The average Bonchev–Trinajstić information content (AvgIpc) is 3.14. The Bertz CT molecular complexity index is 685. The summed E-state index contributed by atoms with van der Waals surface area (Å²) >= 11 is 0. The van der Waals surface area contributed by atoms with E-state index in [0.717, 1.165) is 11.1 Å². The molecule has 0 saturated carbocycles. The Labute approximate surface area is 172 Å². The molecule has 8 heteroatoms. The molecule has 1 heterocycles. The Morgan fingerprint density at radius 2 is 2.14 bits per heavy atom. The molecule has 29 heavy (non-hydrogen) atoms. The Morgan fingerprint density at radius 1 is 1.48 bits per heavy atom. The van der Waals surface area contributed by atoms with E-state index < -0.39 is 17.6 Å². The molecule has 2 rings (SSSR count). The number of benzene rings is 1. The number of carbonyl (C=O) groups is 2. The first-order valence-corrected chi connectivity index (χ1v) is 9.43. The third kappa shape index (κ3) is 7.83. The highest BCUT2D eigenvalue weighted by Gasteiger charge is 2.38. The van der Waals surface area contributed by atoms with Crippen molar-refractivity contribution >= 4 is 12.3 Å². The minimum Gasteiger partial charge on any atom is -0.391 e. The molecule has 1 aromatic carbocycles. The van der Waals surface area contributed by atoms with Gasteiger partial charge in [0.25, 0.3) is 0 Å². The van der Waals surface area contributed by atoms with Gasteiger partial charge in [-0.05, 0) is 24.1 Å². The summed E-state index contributed by atoms with van der Waals surface area (Å²) in [5, 5.41) is 12.0. The fraction of sp³-hybridized carbons (Fsp3) is 0.524. The number of likely N-dealkylation sites (tertiary alicyclic amines) is 1. The minimum absolute atomic E-state index is 0.0777. The minimum atomic E-state index is -0.507. The number of methoxy groups -OCH3 is 1. The number of hydrogen-bond acceptors (Lipinski definition) is 6. The van der Waals surface area contributed by atoms with Gasteiger partial charge in [-0.25, -0.2) is 5.43 Å². The van der Waals surface area contributed by atoms with Crippen molar-refractivity contribution in [2.45, 2.75) is 39.0 Å². The predicted molar refractivity (Wildman–Crippen MR) is 111 cm³/mol. The van der Waals surface area contributed by atoms with Crippen molar-refractivity contribution in [2.75, 3.05) is 26.8 Å². The largest absolute Gasteiger partial charge is 0.391 e. The lowest BCUT2D eigenvalue weighted by Gasteiger charge is -2.34. The number of amides is 2. The topological polar surface area (TPSA) is 117 Å². The van der Waals surface area contributed by atoms with Crippen molar-refractivity contribution in [1.82, 2.24) is 15.6 Å². The van der Waals surface area contributed by atoms with Gasteiger partial charge in [0.05, 0.1) is 12.7 Å². The van der Waals surface area contributed by atoms with Crippen LogP contribution >= 0.6 is 0 Å². The number of hydrazine groups is 1. The number of β-amino-alcohol motifs (C(OH)–C–C–N with tert-alkyl or cyclic N) is 1. The van der Waals surface area contributed by atoms with Crippen LogP contribution in [0.3, 0.4) is 0 Å². The van der Waals surface area contributed by atoms with Crippen LogP contribution in [0, 0.1) is 17.8 Å². The first-order valence-electron chi connectivity index (χ1n) is 9.43. The van der Waals surface area contributed by atoms with Gasteiger partial charge < -0.3 is 20.1 Å². The fourth-order valence-electron chi connectivity index (χ4n) is 3.09. The van der Waals surface area contributed by atoms with E-state index in [1.165, 1.54) is 0 Å². The van der Waals surface area contributed by atoms with Crippen molar-refractivity contribution in [2.24, 2.45) is 11.3 Å². The van der Waals surface area contributed by atoms with Gasteiger partial charge in [-0.3, -0.25) is 15.4 Å². The zero-order valence-electron chi connectivity index (χ0n) is 17.4. The van der Waals surface area contributed by atoms with Crippen molar-refractivity contribution < 1.29 is 19.4 Å². The smallest absolute Gasteiger partial charge is 0.241 e.